The van der Waals surface area contributed by atoms with Crippen LogP contribution in [0.5, 0.6) is 0 Å². The van der Waals surface area contributed by atoms with Crippen LogP contribution in [0.3, 0.4) is 0 Å². The Balaban J connectivity index is 1.99. The molecule has 1 heterocycles. The lowest BCUT2D eigenvalue weighted by Crippen LogP contribution is -2.41. The van der Waals surface area contributed by atoms with Gasteiger partial charge in [-0.1, -0.05) is 35.0 Å². The molecule has 2 unspecified atom stereocenters. The van der Waals surface area contributed by atoms with E-state index in [-0.39, 0.29) is 0 Å². The Morgan fingerprint density at radius 3 is 3.06 bits per heavy atom. The molecule has 1 fully saturated rings. The summed E-state index contributed by atoms with van der Waals surface area (Å²) in [6, 6.07) is 9.02. The molecule has 18 heavy (non-hydrogen) atoms. The van der Waals surface area contributed by atoms with Crippen LogP contribution in [0.4, 0.5) is 0 Å². The molecular weight excluding hydrogens is 290 g/mol. The van der Waals surface area contributed by atoms with Crippen LogP contribution in [-0.2, 0) is 11.2 Å². The average molecular weight is 312 g/mol. The van der Waals surface area contributed by atoms with Gasteiger partial charge in [-0.05, 0) is 49.9 Å². The van der Waals surface area contributed by atoms with Crippen molar-refractivity contribution in [2.75, 3.05) is 13.2 Å². The Labute approximate surface area is 118 Å². The van der Waals surface area contributed by atoms with Crippen molar-refractivity contribution in [2.24, 2.45) is 0 Å². The smallest absolute Gasteiger partial charge is 0.0732 e. The van der Waals surface area contributed by atoms with Crippen molar-refractivity contribution in [2.45, 2.75) is 44.8 Å². The van der Waals surface area contributed by atoms with Crippen molar-refractivity contribution >= 4 is 15.9 Å². The minimum atomic E-state index is 0.385. The van der Waals surface area contributed by atoms with Crippen LogP contribution in [0.2, 0.25) is 0 Å². The highest BCUT2D eigenvalue weighted by Gasteiger charge is 2.25. The third kappa shape index (κ3) is 4.08. The summed E-state index contributed by atoms with van der Waals surface area (Å²) in [7, 11) is 0. The van der Waals surface area contributed by atoms with Gasteiger partial charge in [-0.2, -0.15) is 0 Å². The molecule has 1 aromatic rings. The third-order valence-electron chi connectivity index (χ3n) is 3.41. The van der Waals surface area contributed by atoms with Gasteiger partial charge in [0.2, 0.25) is 0 Å². The summed E-state index contributed by atoms with van der Waals surface area (Å²) in [5, 5.41) is 3.64. The zero-order chi connectivity index (χ0) is 12.8. The summed E-state index contributed by atoms with van der Waals surface area (Å²) < 4.78 is 6.99. The molecule has 1 N–H and O–H groups in total. The summed E-state index contributed by atoms with van der Waals surface area (Å²) in [6.45, 7) is 4.20. The summed E-state index contributed by atoms with van der Waals surface area (Å²) in [5.41, 5.74) is 1.37. The maximum atomic E-state index is 5.84. The molecular formula is C15H22BrNO. The van der Waals surface area contributed by atoms with Gasteiger partial charge in [-0.25, -0.2) is 0 Å². The standard InChI is InChI=1S/C15H22BrNO/c1-2-8-17-14(15-7-4-9-18-15)11-12-5-3-6-13(16)10-12/h3,5-6,10,14-15,17H,2,4,7-9,11H2,1H3. The molecule has 1 aliphatic heterocycles. The SMILES string of the molecule is CCCNC(Cc1cccc(Br)c1)C1CCCO1. The van der Waals surface area contributed by atoms with Crippen LogP contribution < -0.4 is 5.32 Å². The zero-order valence-electron chi connectivity index (χ0n) is 11.0. The van der Waals surface area contributed by atoms with Gasteiger partial charge in [0.25, 0.3) is 0 Å². The summed E-state index contributed by atoms with van der Waals surface area (Å²) >= 11 is 3.54. The zero-order valence-corrected chi connectivity index (χ0v) is 12.6. The highest BCUT2D eigenvalue weighted by Crippen LogP contribution is 2.20. The fourth-order valence-corrected chi connectivity index (χ4v) is 2.95. The molecule has 100 valence electrons. The van der Waals surface area contributed by atoms with Crippen molar-refractivity contribution in [3.8, 4) is 0 Å². The molecule has 0 spiro atoms. The predicted molar refractivity (Wildman–Crippen MR) is 78.9 cm³/mol. The van der Waals surface area contributed by atoms with E-state index in [4.69, 9.17) is 4.74 Å². The molecule has 0 saturated carbocycles. The molecule has 1 saturated heterocycles. The summed E-state index contributed by atoms with van der Waals surface area (Å²) in [4.78, 5) is 0. The normalized spacial score (nSPS) is 21.1. The highest BCUT2D eigenvalue weighted by molar-refractivity contribution is 9.10. The number of hydrogen-bond acceptors (Lipinski definition) is 2. The van der Waals surface area contributed by atoms with E-state index in [2.05, 4.69) is 52.4 Å². The van der Waals surface area contributed by atoms with Crippen molar-refractivity contribution in [3.63, 3.8) is 0 Å². The molecule has 0 bridgehead atoms. The number of ether oxygens (including phenoxy) is 1. The van der Waals surface area contributed by atoms with E-state index in [1.54, 1.807) is 0 Å². The van der Waals surface area contributed by atoms with Crippen LogP contribution in [0, 0.1) is 0 Å². The number of nitrogens with one attached hydrogen (secondary N) is 1. The van der Waals surface area contributed by atoms with E-state index in [0.29, 0.717) is 12.1 Å². The number of rotatable bonds is 6. The van der Waals surface area contributed by atoms with Crippen molar-refractivity contribution in [1.82, 2.24) is 5.32 Å². The van der Waals surface area contributed by atoms with Gasteiger partial charge < -0.3 is 10.1 Å². The van der Waals surface area contributed by atoms with Crippen LogP contribution in [-0.4, -0.2) is 25.3 Å². The maximum Gasteiger partial charge on any atom is 0.0732 e. The molecule has 3 heteroatoms. The second-order valence-electron chi connectivity index (χ2n) is 4.95. The van der Waals surface area contributed by atoms with Crippen LogP contribution >= 0.6 is 15.9 Å². The monoisotopic (exact) mass is 311 g/mol. The molecule has 2 rings (SSSR count). The van der Waals surface area contributed by atoms with Gasteiger partial charge in [0.15, 0.2) is 0 Å². The van der Waals surface area contributed by atoms with Gasteiger partial charge in [0.05, 0.1) is 6.10 Å². The first-order chi connectivity index (χ1) is 8.79. The van der Waals surface area contributed by atoms with Gasteiger partial charge >= 0.3 is 0 Å². The third-order valence-corrected chi connectivity index (χ3v) is 3.91. The first-order valence-corrected chi connectivity index (χ1v) is 7.68. The Kier molecular flexibility index (Phi) is 5.67. The second-order valence-corrected chi connectivity index (χ2v) is 5.86. The average Bonchev–Trinajstić information content (AvgIpc) is 2.88. The quantitative estimate of drug-likeness (QED) is 0.867. The lowest BCUT2D eigenvalue weighted by Gasteiger charge is -2.24. The lowest BCUT2D eigenvalue weighted by molar-refractivity contribution is 0.0784. The summed E-state index contributed by atoms with van der Waals surface area (Å²) in [6.07, 6.45) is 4.99. The molecule has 1 aliphatic rings. The largest absolute Gasteiger partial charge is 0.377 e. The fraction of sp³-hybridized carbons (Fsp3) is 0.600. The minimum Gasteiger partial charge on any atom is -0.377 e. The molecule has 0 amide bonds. The van der Waals surface area contributed by atoms with E-state index in [1.165, 1.54) is 24.8 Å². The molecule has 1 aromatic carbocycles. The Hall–Kier alpha value is -0.380. The van der Waals surface area contributed by atoms with Crippen molar-refractivity contribution < 1.29 is 4.74 Å². The van der Waals surface area contributed by atoms with E-state index in [1.807, 2.05) is 0 Å². The molecule has 2 nitrogen and oxygen atoms in total. The first-order valence-electron chi connectivity index (χ1n) is 6.89. The number of halogens is 1. The first kappa shape index (κ1) is 14.0. The fourth-order valence-electron chi connectivity index (χ4n) is 2.50. The van der Waals surface area contributed by atoms with E-state index >= 15 is 0 Å². The minimum absolute atomic E-state index is 0.385. The second kappa shape index (κ2) is 7.27. The van der Waals surface area contributed by atoms with E-state index in [9.17, 15) is 0 Å². The topological polar surface area (TPSA) is 21.3 Å². The van der Waals surface area contributed by atoms with Gasteiger partial charge in [0, 0.05) is 17.1 Å². The van der Waals surface area contributed by atoms with E-state index < -0.39 is 0 Å². The maximum absolute atomic E-state index is 5.84. The van der Waals surface area contributed by atoms with Crippen molar-refractivity contribution in [3.05, 3.63) is 34.3 Å². The highest BCUT2D eigenvalue weighted by atomic mass is 79.9. The van der Waals surface area contributed by atoms with Crippen molar-refractivity contribution in [1.29, 1.82) is 0 Å². The molecule has 0 radical (unpaired) electrons. The lowest BCUT2D eigenvalue weighted by atomic mass is 9.99. The Morgan fingerprint density at radius 2 is 2.39 bits per heavy atom. The molecule has 0 aliphatic carbocycles. The number of hydrogen-bond donors (Lipinski definition) is 1. The Morgan fingerprint density at radius 1 is 1.50 bits per heavy atom. The predicted octanol–water partition coefficient (Wildman–Crippen LogP) is 3.54. The van der Waals surface area contributed by atoms with Crippen LogP contribution in [0.1, 0.15) is 31.7 Å². The number of benzene rings is 1. The van der Waals surface area contributed by atoms with Gasteiger partial charge in [0.1, 0.15) is 0 Å². The Bertz CT molecular complexity index is 363. The summed E-state index contributed by atoms with van der Waals surface area (Å²) in [5.74, 6) is 0. The van der Waals surface area contributed by atoms with Gasteiger partial charge in [-0.3, -0.25) is 0 Å². The van der Waals surface area contributed by atoms with E-state index in [0.717, 1.165) is 24.0 Å². The van der Waals surface area contributed by atoms with Gasteiger partial charge in [-0.15, -0.1) is 0 Å². The van der Waals surface area contributed by atoms with Crippen LogP contribution in [0.25, 0.3) is 0 Å². The molecule has 0 aromatic heterocycles. The van der Waals surface area contributed by atoms with Crippen LogP contribution in [0.15, 0.2) is 28.7 Å². The molecule has 2 atom stereocenters.